The first-order valence-electron chi connectivity index (χ1n) is 11.9. The second kappa shape index (κ2) is 10.9. The minimum atomic E-state index is -3.37. The first-order valence-corrected chi connectivity index (χ1v) is 13.6. The lowest BCUT2D eigenvalue weighted by Gasteiger charge is -2.22. The van der Waals surface area contributed by atoms with Gasteiger partial charge in [-0.25, -0.2) is 4.39 Å². The molecule has 0 saturated carbocycles. The molecule has 196 valence electrons. The van der Waals surface area contributed by atoms with Gasteiger partial charge in [-0.2, -0.15) is 0 Å². The molecule has 0 bridgehead atoms. The Morgan fingerprint density at radius 2 is 1.78 bits per heavy atom. The van der Waals surface area contributed by atoms with E-state index in [-0.39, 0.29) is 66.4 Å². The average molecular weight is 530 g/mol. The van der Waals surface area contributed by atoms with E-state index in [0.29, 0.717) is 16.3 Å². The Kier molecular flexibility index (Phi) is 7.82. The quantitative estimate of drug-likeness (QED) is 0.274. The van der Waals surface area contributed by atoms with Crippen LogP contribution in [0.25, 0.3) is 21.7 Å². The minimum Gasteiger partial charge on any atom is -0.505 e. The summed E-state index contributed by atoms with van der Waals surface area (Å²) in [5.74, 6) is -1.30. The molecule has 0 spiro atoms. The molecular weight excluding hydrogens is 500 g/mol. The van der Waals surface area contributed by atoms with Crippen LogP contribution >= 0.6 is 7.60 Å². The Bertz CT molecular complexity index is 1480. The number of aromatic hydroxyl groups is 2. The number of carbonyl (C=O) groups excluding carboxylic acids is 1. The third kappa shape index (κ3) is 5.32. The Labute approximate surface area is 213 Å². The van der Waals surface area contributed by atoms with Gasteiger partial charge in [-0.3, -0.25) is 14.3 Å². The molecule has 0 aliphatic rings. The molecule has 4 aromatic rings. The summed E-state index contributed by atoms with van der Waals surface area (Å²) in [5.41, 5.74) is 1.11. The summed E-state index contributed by atoms with van der Waals surface area (Å²) in [7, 11) is -1.80. The molecule has 1 amide bonds. The van der Waals surface area contributed by atoms with Crippen LogP contribution in [0.15, 0.2) is 48.8 Å². The molecule has 2 aromatic carbocycles. The van der Waals surface area contributed by atoms with Gasteiger partial charge in [0.25, 0.3) is 5.91 Å². The van der Waals surface area contributed by atoms with E-state index in [1.54, 1.807) is 51.4 Å². The van der Waals surface area contributed by atoms with Gasteiger partial charge in [-0.15, -0.1) is 0 Å². The van der Waals surface area contributed by atoms with Gasteiger partial charge < -0.3 is 28.7 Å². The first kappa shape index (κ1) is 26.6. The molecule has 0 unspecified atom stereocenters. The van der Waals surface area contributed by atoms with Crippen molar-refractivity contribution in [3.63, 3.8) is 0 Å². The summed E-state index contributed by atoms with van der Waals surface area (Å²) in [6, 6.07) is 9.13. The van der Waals surface area contributed by atoms with Gasteiger partial charge in [0.2, 0.25) is 5.88 Å². The van der Waals surface area contributed by atoms with Gasteiger partial charge >= 0.3 is 7.60 Å². The highest BCUT2D eigenvalue weighted by molar-refractivity contribution is 7.53. The zero-order valence-corrected chi connectivity index (χ0v) is 21.7. The monoisotopic (exact) mass is 529 g/mol. The topological polar surface area (TPSA) is 114 Å². The Morgan fingerprint density at radius 3 is 2.43 bits per heavy atom. The average Bonchev–Trinajstić information content (AvgIpc) is 3.20. The lowest BCUT2D eigenvalue weighted by Crippen LogP contribution is -2.30. The molecular formula is C26H29FN3O6P. The van der Waals surface area contributed by atoms with Crippen molar-refractivity contribution in [2.75, 3.05) is 33.0 Å². The van der Waals surface area contributed by atoms with E-state index < -0.39 is 13.5 Å². The van der Waals surface area contributed by atoms with E-state index >= 15 is 0 Å². The number of hydrogen-bond acceptors (Lipinski definition) is 7. The highest BCUT2D eigenvalue weighted by Gasteiger charge is 2.29. The molecule has 11 heteroatoms. The van der Waals surface area contributed by atoms with Gasteiger partial charge in [0.15, 0.2) is 5.75 Å². The number of aromatic nitrogens is 2. The van der Waals surface area contributed by atoms with E-state index in [4.69, 9.17) is 9.05 Å². The predicted octanol–water partition coefficient (Wildman–Crippen LogP) is 5.13. The summed E-state index contributed by atoms with van der Waals surface area (Å²) in [6.45, 7) is 4.13. The third-order valence-corrected chi connectivity index (χ3v) is 8.10. The van der Waals surface area contributed by atoms with Crippen LogP contribution in [0, 0.1) is 5.82 Å². The number of benzene rings is 2. The number of rotatable bonds is 10. The van der Waals surface area contributed by atoms with E-state index in [2.05, 4.69) is 4.98 Å². The maximum absolute atomic E-state index is 13.7. The normalized spacial score (nSPS) is 11.9. The van der Waals surface area contributed by atoms with Crippen LogP contribution in [0.1, 0.15) is 29.8 Å². The molecule has 2 N–H and O–H groups in total. The summed E-state index contributed by atoms with van der Waals surface area (Å²) in [6.07, 6.45) is 3.07. The number of amides is 1. The fraction of sp³-hybridized carbons (Fsp3) is 0.308. The van der Waals surface area contributed by atoms with Gasteiger partial charge in [-0.1, -0.05) is 18.2 Å². The molecule has 9 nitrogen and oxygen atoms in total. The fourth-order valence-corrected chi connectivity index (χ4v) is 5.95. The molecule has 0 saturated heterocycles. The summed E-state index contributed by atoms with van der Waals surface area (Å²) in [4.78, 5) is 19.4. The number of halogens is 1. The second-order valence-corrected chi connectivity index (χ2v) is 10.7. The van der Waals surface area contributed by atoms with Gasteiger partial charge in [-0.05, 0) is 37.6 Å². The Morgan fingerprint density at radius 1 is 1.11 bits per heavy atom. The summed E-state index contributed by atoms with van der Waals surface area (Å²) in [5, 5.41) is 22.8. The van der Waals surface area contributed by atoms with Crippen LogP contribution in [-0.4, -0.2) is 63.5 Å². The zero-order chi connectivity index (χ0) is 26.7. The van der Waals surface area contributed by atoms with E-state index in [9.17, 15) is 24.0 Å². The van der Waals surface area contributed by atoms with Crippen LogP contribution in [-0.2, 0) is 20.2 Å². The predicted molar refractivity (Wildman–Crippen MR) is 139 cm³/mol. The van der Waals surface area contributed by atoms with Crippen LogP contribution in [0.3, 0.4) is 0 Å². The number of fused-ring (bicyclic) bond motifs is 2. The number of phenolic OH excluding ortho intramolecular Hbond substituents is 1. The summed E-state index contributed by atoms with van der Waals surface area (Å²) < 4.78 is 38.4. The number of hydrogen-bond donors (Lipinski definition) is 2. The smallest absolute Gasteiger partial charge is 0.332 e. The van der Waals surface area contributed by atoms with Crippen molar-refractivity contribution in [3.05, 3.63) is 65.7 Å². The van der Waals surface area contributed by atoms with E-state index in [1.807, 2.05) is 0 Å². The van der Waals surface area contributed by atoms with Gasteiger partial charge in [0.1, 0.15) is 11.3 Å². The molecule has 2 heterocycles. The van der Waals surface area contributed by atoms with Crippen LogP contribution in [0.2, 0.25) is 0 Å². The minimum absolute atomic E-state index is 0.00512. The lowest BCUT2D eigenvalue weighted by molar-refractivity contribution is 0.0804. The van der Waals surface area contributed by atoms with Crippen molar-refractivity contribution in [1.82, 2.24) is 14.5 Å². The van der Waals surface area contributed by atoms with Crippen molar-refractivity contribution in [3.8, 4) is 11.6 Å². The highest BCUT2D eigenvalue weighted by atomic mass is 31.2. The van der Waals surface area contributed by atoms with Crippen LogP contribution < -0.4 is 0 Å². The maximum Gasteiger partial charge on any atom is 0.332 e. The highest BCUT2D eigenvalue weighted by Crippen LogP contribution is 2.48. The number of nitrogens with zero attached hydrogens (tertiary/aromatic N) is 3. The number of pyridine rings is 1. The number of carbonyl (C=O) groups is 1. The van der Waals surface area contributed by atoms with Crippen molar-refractivity contribution in [2.24, 2.45) is 0 Å². The first-order chi connectivity index (χ1) is 17.7. The van der Waals surface area contributed by atoms with Crippen LogP contribution in [0.4, 0.5) is 4.39 Å². The molecule has 0 radical (unpaired) electrons. The molecule has 4 rings (SSSR count). The van der Waals surface area contributed by atoms with Gasteiger partial charge in [0.05, 0.1) is 36.9 Å². The van der Waals surface area contributed by atoms with Gasteiger partial charge in [0, 0.05) is 36.8 Å². The standard InChI is InChI=1S/C26H29FN3O6P/c1-4-35-37(34,36-5-2)14-13-29(3)25(32)21-19-7-6-12-28-23(19)24(31)22-20(21)16-30(26(22)33)15-17-8-10-18(27)11-9-17/h6-12,16,31,33H,4-5,13-15H2,1-3H3. The fourth-order valence-electron chi connectivity index (χ4n) is 4.29. The van der Waals surface area contributed by atoms with Crippen molar-refractivity contribution >= 4 is 35.2 Å². The molecule has 0 aliphatic heterocycles. The van der Waals surface area contributed by atoms with Crippen molar-refractivity contribution in [1.29, 1.82) is 0 Å². The van der Waals surface area contributed by atoms with Crippen molar-refractivity contribution < 1.29 is 33.0 Å². The molecule has 37 heavy (non-hydrogen) atoms. The number of phenols is 1. The van der Waals surface area contributed by atoms with Crippen molar-refractivity contribution in [2.45, 2.75) is 20.4 Å². The Hall–Kier alpha value is -3.46. The lowest BCUT2D eigenvalue weighted by atomic mass is 10.00. The molecule has 2 aromatic heterocycles. The molecule has 0 aliphatic carbocycles. The third-order valence-electron chi connectivity index (χ3n) is 6.05. The maximum atomic E-state index is 13.7. The second-order valence-electron chi connectivity index (χ2n) is 8.52. The molecule has 0 atom stereocenters. The SMILES string of the molecule is CCOP(=O)(CCN(C)C(=O)c1c2cccnc2c(O)c2c(O)n(Cc3ccc(F)cc3)cc12)OCC. The van der Waals surface area contributed by atoms with Crippen LogP contribution in [0.5, 0.6) is 11.6 Å². The largest absolute Gasteiger partial charge is 0.505 e. The summed E-state index contributed by atoms with van der Waals surface area (Å²) >= 11 is 0. The Balaban J connectivity index is 1.78. The molecule has 0 fully saturated rings. The zero-order valence-electron chi connectivity index (χ0n) is 20.8. The van der Waals surface area contributed by atoms with E-state index in [1.165, 1.54) is 27.8 Å². The van der Waals surface area contributed by atoms with E-state index in [0.717, 1.165) is 0 Å².